The molecular formula is C35H40N6O2. The first-order valence-corrected chi connectivity index (χ1v) is 15.3. The Morgan fingerprint density at radius 2 is 1.84 bits per heavy atom. The summed E-state index contributed by atoms with van der Waals surface area (Å²) in [5.41, 5.74) is 20.0. The van der Waals surface area contributed by atoms with Gasteiger partial charge in [0.1, 0.15) is 0 Å². The number of aromatic nitrogens is 4. The van der Waals surface area contributed by atoms with Gasteiger partial charge in [0.05, 0.1) is 22.6 Å². The average Bonchev–Trinajstić information content (AvgIpc) is 3.73. The van der Waals surface area contributed by atoms with Crippen LogP contribution >= 0.6 is 0 Å². The van der Waals surface area contributed by atoms with Crippen LogP contribution in [0.2, 0.25) is 0 Å². The summed E-state index contributed by atoms with van der Waals surface area (Å²) in [5.74, 6) is 0.123. The van der Waals surface area contributed by atoms with E-state index in [0.29, 0.717) is 32.4 Å². The molecule has 2 aliphatic heterocycles. The number of Topliss-reactive ketones (excluding diaryl/α,β-unsaturated/α-hetero) is 1. The second-order valence-electron chi connectivity index (χ2n) is 12.0. The lowest BCUT2D eigenvalue weighted by Crippen LogP contribution is -2.29. The highest BCUT2D eigenvalue weighted by molar-refractivity contribution is 6.13. The lowest BCUT2D eigenvalue weighted by atomic mass is 9.85. The van der Waals surface area contributed by atoms with Crippen LogP contribution in [-0.2, 0) is 11.2 Å². The van der Waals surface area contributed by atoms with Gasteiger partial charge in [0.15, 0.2) is 5.78 Å². The van der Waals surface area contributed by atoms with Crippen LogP contribution in [0.25, 0.3) is 39.3 Å². The Kier molecular flexibility index (Phi) is 7.42. The number of aryl methyl sites for hydroxylation is 2. The number of amides is 1. The van der Waals surface area contributed by atoms with Crippen molar-refractivity contribution < 1.29 is 9.59 Å². The summed E-state index contributed by atoms with van der Waals surface area (Å²) >= 11 is 0. The second kappa shape index (κ2) is 11.1. The quantitative estimate of drug-likeness (QED) is 0.259. The van der Waals surface area contributed by atoms with Crippen molar-refractivity contribution in [1.82, 2.24) is 25.3 Å². The Bertz CT molecular complexity index is 1890. The molecule has 0 spiro atoms. The molecule has 6 rings (SSSR count). The van der Waals surface area contributed by atoms with Gasteiger partial charge in [0.2, 0.25) is 5.91 Å². The van der Waals surface area contributed by atoms with E-state index in [1.54, 1.807) is 0 Å². The Hall–Kier alpha value is -4.30. The third kappa shape index (κ3) is 4.74. The van der Waals surface area contributed by atoms with E-state index in [9.17, 15) is 9.59 Å². The van der Waals surface area contributed by atoms with Crippen LogP contribution in [0.5, 0.6) is 0 Å². The molecule has 8 heteroatoms. The minimum Gasteiger partial charge on any atom is -0.355 e. The van der Waals surface area contributed by atoms with Crippen molar-refractivity contribution in [3.05, 3.63) is 75.4 Å². The third-order valence-electron chi connectivity index (χ3n) is 9.50. The van der Waals surface area contributed by atoms with Gasteiger partial charge in [-0.1, -0.05) is 26.5 Å². The predicted molar refractivity (Wildman–Crippen MR) is 174 cm³/mol. The fraction of sp³-hybridized carbons (Fsp3) is 0.371. The van der Waals surface area contributed by atoms with Gasteiger partial charge < -0.3 is 21.0 Å². The molecule has 2 atom stereocenters. The summed E-state index contributed by atoms with van der Waals surface area (Å²) in [4.78, 5) is 43.6. The Morgan fingerprint density at radius 1 is 1.09 bits per heavy atom. The number of allylic oxidation sites excluding steroid dienone is 2. The first kappa shape index (κ1) is 28.8. The third-order valence-corrected chi connectivity index (χ3v) is 9.50. The smallest absolute Gasteiger partial charge is 0.220 e. The molecule has 0 radical (unpaired) electrons. The molecule has 8 bridgehead atoms. The number of ketones is 1. The number of H-pyrrole nitrogens is 2. The van der Waals surface area contributed by atoms with E-state index < -0.39 is 0 Å². The molecule has 222 valence electrons. The van der Waals surface area contributed by atoms with E-state index in [2.05, 4.69) is 67.8 Å². The fourth-order valence-corrected chi connectivity index (χ4v) is 7.01. The van der Waals surface area contributed by atoms with Crippen LogP contribution in [0.4, 0.5) is 0 Å². The number of fused-ring (bicyclic) bond motifs is 8. The molecule has 2 unspecified atom stereocenters. The topological polar surface area (TPSA) is 130 Å². The number of hydrogen-bond donors (Lipinski definition) is 4. The van der Waals surface area contributed by atoms with Crippen molar-refractivity contribution in [2.75, 3.05) is 13.1 Å². The van der Waals surface area contributed by atoms with Crippen molar-refractivity contribution in [2.45, 2.75) is 72.1 Å². The minimum atomic E-state index is -0.0203. The molecule has 1 aliphatic carbocycles. The number of nitrogens with zero attached hydrogens (tertiary/aromatic N) is 2. The van der Waals surface area contributed by atoms with Crippen LogP contribution in [0.1, 0.15) is 107 Å². The van der Waals surface area contributed by atoms with Crippen LogP contribution in [0.3, 0.4) is 0 Å². The molecule has 0 fully saturated rings. The normalized spacial score (nSPS) is 17.6. The van der Waals surface area contributed by atoms with Gasteiger partial charge in [0.25, 0.3) is 0 Å². The van der Waals surface area contributed by atoms with Gasteiger partial charge in [-0.25, -0.2) is 4.98 Å². The highest BCUT2D eigenvalue weighted by atomic mass is 16.1. The summed E-state index contributed by atoms with van der Waals surface area (Å²) in [6.45, 7) is 15.5. The number of aromatic amines is 2. The zero-order valence-corrected chi connectivity index (χ0v) is 25.7. The minimum absolute atomic E-state index is 0.0104. The van der Waals surface area contributed by atoms with Gasteiger partial charge in [-0.2, -0.15) is 0 Å². The van der Waals surface area contributed by atoms with Crippen molar-refractivity contribution in [3.8, 4) is 0 Å². The number of rotatable bonds is 7. The average molecular weight is 577 g/mol. The van der Waals surface area contributed by atoms with E-state index in [-0.39, 0.29) is 23.5 Å². The summed E-state index contributed by atoms with van der Waals surface area (Å²) in [7, 11) is 0. The van der Waals surface area contributed by atoms with Crippen LogP contribution in [0.15, 0.2) is 24.8 Å². The van der Waals surface area contributed by atoms with Crippen molar-refractivity contribution in [3.63, 3.8) is 0 Å². The molecule has 0 aromatic carbocycles. The Labute approximate surface area is 251 Å². The highest BCUT2D eigenvalue weighted by Gasteiger charge is 2.35. The number of nitrogens with two attached hydrogens (primary N) is 1. The summed E-state index contributed by atoms with van der Waals surface area (Å²) in [6.07, 6.45) is 4.03. The van der Waals surface area contributed by atoms with Crippen molar-refractivity contribution in [2.24, 2.45) is 5.73 Å². The van der Waals surface area contributed by atoms with Gasteiger partial charge in [0, 0.05) is 76.7 Å². The van der Waals surface area contributed by atoms with Gasteiger partial charge in [-0.15, -0.1) is 0 Å². The maximum Gasteiger partial charge on any atom is 0.220 e. The fourth-order valence-electron chi connectivity index (χ4n) is 7.01. The molecule has 0 saturated heterocycles. The lowest BCUT2D eigenvalue weighted by molar-refractivity contribution is -0.121. The van der Waals surface area contributed by atoms with E-state index in [1.807, 2.05) is 13.0 Å². The summed E-state index contributed by atoms with van der Waals surface area (Å²) < 4.78 is 0. The summed E-state index contributed by atoms with van der Waals surface area (Å²) in [5, 5.41) is 2.89. The maximum atomic E-state index is 13.5. The predicted octanol–water partition coefficient (Wildman–Crippen LogP) is 6.40. The summed E-state index contributed by atoms with van der Waals surface area (Å²) in [6, 6.07) is 6.31. The monoisotopic (exact) mass is 576 g/mol. The molecule has 3 aromatic heterocycles. The molecule has 0 saturated carbocycles. The Morgan fingerprint density at radius 3 is 2.56 bits per heavy atom. The molecule has 3 aromatic rings. The molecular weight excluding hydrogens is 536 g/mol. The van der Waals surface area contributed by atoms with Gasteiger partial charge in [-0.05, 0) is 74.1 Å². The standard InChI is InChI=1S/C35H40N6O2/c1-7-21-17(3)25-14-27-19(5)23(9-10-32(43)37-12-11-36)34(40-27)24-13-31(42)33-20(6)28(41-35(24)33)16-30-22(8-2)18(4)26(39-30)15-29(21)38-25/h7,14-16,19,23,38,41H,1,8-13,36H2,2-6H3,(H,37,43). The van der Waals surface area contributed by atoms with Crippen LogP contribution in [-0.4, -0.2) is 44.7 Å². The van der Waals surface area contributed by atoms with Crippen LogP contribution in [0, 0.1) is 13.8 Å². The van der Waals surface area contributed by atoms with E-state index >= 15 is 0 Å². The van der Waals surface area contributed by atoms with Gasteiger partial charge >= 0.3 is 0 Å². The molecule has 43 heavy (non-hydrogen) atoms. The highest BCUT2D eigenvalue weighted by Crippen LogP contribution is 2.44. The number of carbonyl (C=O) groups is 2. The van der Waals surface area contributed by atoms with Crippen LogP contribution < -0.4 is 11.1 Å². The largest absolute Gasteiger partial charge is 0.355 e. The molecule has 5 N–H and O–H groups in total. The Balaban J connectivity index is 1.67. The van der Waals surface area contributed by atoms with E-state index in [1.165, 1.54) is 5.57 Å². The molecule has 5 heterocycles. The number of nitrogens with one attached hydrogen (secondary N) is 3. The molecule has 3 aliphatic rings. The second-order valence-corrected chi connectivity index (χ2v) is 12.0. The number of hydrogen-bond acceptors (Lipinski definition) is 5. The van der Waals surface area contributed by atoms with E-state index in [4.69, 9.17) is 15.7 Å². The SMILES string of the molecule is C=Cc1c(C)c2cc3nc(c4c5[nH]c(cc6nc(cc1[nH]2)C(C)=C6CC)c(C)c5C(=O)C4)C(CCC(=O)NCCN)C3C. The lowest BCUT2D eigenvalue weighted by Gasteiger charge is -2.17. The molecule has 8 nitrogen and oxygen atoms in total. The number of carbonyl (C=O) groups excluding carboxylic acids is 2. The molecule has 1 amide bonds. The zero-order chi connectivity index (χ0) is 30.6. The van der Waals surface area contributed by atoms with Crippen molar-refractivity contribution >= 4 is 51.0 Å². The van der Waals surface area contributed by atoms with Gasteiger partial charge in [-0.3, -0.25) is 14.6 Å². The maximum absolute atomic E-state index is 13.5. The first-order chi connectivity index (χ1) is 20.7. The zero-order valence-electron chi connectivity index (χ0n) is 25.7. The van der Waals surface area contributed by atoms with Crippen molar-refractivity contribution in [1.29, 1.82) is 0 Å². The van der Waals surface area contributed by atoms with E-state index in [0.717, 1.165) is 84.7 Å². The first-order valence-electron chi connectivity index (χ1n) is 15.3.